The van der Waals surface area contributed by atoms with E-state index >= 15 is 0 Å². The van der Waals surface area contributed by atoms with Gasteiger partial charge in [0.25, 0.3) is 0 Å². The van der Waals surface area contributed by atoms with E-state index < -0.39 is 29.0 Å². The number of alkyl halides is 6. The Kier molecular flexibility index (Phi) is 15.2. The zero-order chi connectivity index (χ0) is 49.2. The van der Waals surface area contributed by atoms with Crippen LogP contribution in [0.2, 0.25) is 5.28 Å². The number of hydrogen-bond donors (Lipinski definition) is 3. The van der Waals surface area contributed by atoms with Crippen molar-refractivity contribution in [1.29, 1.82) is 0 Å². The summed E-state index contributed by atoms with van der Waals surface area (Å²) in [4.78, 5) is 64.4. The van der Waals surface area contributed by atoms with Crippen LogP contribution in [0.1, 0.15) is 69.5 Å². The van der Waals surface area contributed by atoms with Crippen molar-refractivity contribution in [3.8, 4) is 22.8 Å². The van der Waals surface area contributed by atoms with Gasteiger partial charge in [0.2, 0.25) is 11.2 Å². The van der Waals surface area contributed by atoms with Crippen molar-refractivity contribution in [2.45, 2.75) is 72.4 Å². The summed E-state index contributed by atoms with van der Waals surface area (Å²) in [6, 6.07) is 17.7. The van der Waals surface area contributed by atoms with Gasteiger partial charge in [0.1, 0.15) is 22.4 Å². The standard InChI is InChI=1S/C23H22F3N7O.C18H21N5O.C5H2ClF3N2.CH4/c1-13(2)15-5-3-4-6-16(15)19-28-9-17-20(31-19)33(22(34)29-17)12-14-10-32(11-14)21-27-8-7-18(30-21)23(24,25)26;1-11(2)13-5-3-4-6-14(13)16-20-9-15-17(22-16)23(18(24)21-15)10-12-7-19-8-12;6-4-10-2-1-3(11-4)5(7,8)9;/h3-9,13-14H,10-12H2,1-2H3,(H,29,34);3-6,9,11-12,19H,7-8,10H2,1-2H3,(H,21,24);1-2H;1H4. The van der Waals surface area contributed by atoms with Gasteiger partial charge >= 0.3 is 23.7 Å². The average molecular weight is 991 g/mol. The highest BCUT2D eigenvalue weighted by Gasteiger charge is 2.36. The van der Waals surface area contributed by atoms with E-state index in [-0.39, 0.29) is 36.6 Å². The first-order valence-corrected chi connectivity index (χ1v) is 22.2. The molecule has 23 heteroatoms. The lowest BCUT2D eigenvalue weighted by Gasteiger charge is -2.39. The third kappa shape index (κ3) is 11.3. The van der Waals surface area contributed by atoms with Crippen molar-refractivity contribution >= 4 is 39.9 Å². The van der Waals surface area contributed by atoms with E-state index in [9.17, 15) is 35.9 Å². The molecule has 6 aromatic heterocycles. The highest BCUT2D eigenvalue weighted by Crippen LogP contribution is 2.32. The zero-order valence-electron chi connectivity index (χ0n) is 37.5. The number of hydrogen-bond acceptors (Lipinski definition) is 12. The Morgan fingerprint density at radius 3 is 1.51 bits per heavy atom. The summed E-state index contributed by atoms with van der Waals surface area (Å²) in [5.41, 5.74) is 4.27. The molecule has 2 aliphatic rings. The molecule has 0 saturated carbocycles. The van der Waals surface area contributed by atoms with E-state index in [1.165, 1.54) is 5.56 Å². The van der Waals surface area contributed by atoms with Crippen molar-refractivity contribution in [1.82, 2.24) is 64.3 Å². The number of aromatic nitrogens is 12. The second-order valence-electron chi connectivity index (χ2n) is 17.2. The van der Waals surface area contributed by atoms with Gasteiger partial charge < -0.3 is 20.2 Å². The third-order valence-corrected chi connectivity index (χ3v) is 11.7. The first-order valence-electron chi connectivity index (χ1n) is 21.8. The molecule has 0 spiro atoms. The fourth-order valence-electron chi connectivity index (χ4n) is 7.89. The van der Waals surface area contributed by atoms with E-state index in [1.807, 2.05) is 42.5 Å². The van der Waals surface area contributed by atoms with Gasteiger partial charge in [-0.2, -0.15) is 26.3 Å². The van der Waals surface area contributed by atoms with Crippen molar-refractivity contribution in [2.75, 3.05) is 31.1 Å². The molecule has 8 aromatic rings. The molecule has 0 aliphatic carbocycles. The minimum Gasteiger partial charge on any atom is -0.340 e. The van der Waals surface area contributed by atoms with Gasteiger partial charge in [-0.05, 0) is 46.7 Å². The van der Waals surface area contributed by atoms with Crippen LogP contribution in [0.4, 0.5) is 32.3 Å². The summed E-state index contributed by atoms with van der Waals surface area (Å²) in [7, 11) is 0. The molecule has 2 aromatic carbocycles. The fourth-order valence-corrected chi connectivity index (χ4v) is 8.04. The van der Waals surface area contributed by atoms with Crippen LogP contribution in [0, 0.1) is 11.8 Å². The monoisotopic (exact) mass is 990 g/mol. The molecule has 8 heterocycles. The normalized spacial score (nSPS) is 14.2. The number of rotatable bonds is 9. The number of halogens is 7. The smallest absolute Gasteiger partial charge is 0.340 e. The van der Waals surface area contributed by atoms with Crippen LogP contribution in [0.25, 0.3) is 45.1 Å². The molecule has 70 heavy (non-hydrogen) atoms. The molecule has 0 radical (unpaired) electrons. The van der Waals surface area contributed by atoms with Gasteiger partial charge in [-0.15, -0.1) is 0 Å². The summed E-state index contributed by atoms with van der Waals surface area (Å²) in [5.74, 6) is 2.44. The molecule has 10 rings (SSSR count). The molecule has 3 N–H and O–H groups in total. The largest absolute Gasteiger partial charge is 0.433 e. The lowest BCUT2D eigenvalue weighted by Crippen LogP contribution is -2.50. The molecule has 0 bridgehead atoms. The molecule has 2 aliphatic heterocycles. The highest BCUT2D eigenvalue weighted by atomic mass is 35.5. The van der Waals surface area contributed by atoms with Crippen LogP contribution in [0.15, 0.2) is 95.0 Å². The van der Waals surface area contributed by atoms with Crippen LogP contribution in [0.5, 0.6) is 0 Å². The van der Waals surface area contributed by atoms with Crippen LogP contribution in [0.3, 0.4) is 0 Å². The summed E-state index contributed by atoms with van der Waals surface area (Å²) >= 11 is 5.13. The Hall–Kier alpha value is -7.07. The topological polar surface area (TPSA) is 194 Å². The minimum absolute atomic E-state index is 0. The maximum atomic E-state index is 12.9. The Labute approximate surface area is 401 Å². The summed E-state index contributed by atoms with van der Waals surface area (Å²) in [5, 5.41) is 2.84. The maximum absolute atomic E-state index is 12.9. The molecule has 2 fully saturated rings. The lowest BCUT2D eigenvalue weighted by atomic mass is 9.97. The van der Waals surface area contributed by atoms with Crippen LogP contribution < -0.4 is 21.6 Å². The molecule has 16 nitrogen and oxygen atoms in total. The molecular formula is C47H49ClF6N14O2. The molecule has 0 amide bonds. The molecular weight excluding hydrogens is 942 g/mol. The van der Waals surface area contributed by atoms with Crippen molar-refractivity contribution in [3.63, 3.8) is 0 Å². The second kappa shape index (κ2) is 20.9. The first kappa shape index (κ1) is 50.8. The second-order valence-corrected chi connectivity index (χ2v) is 17.5. The molecule has 0 atom stereocenters. The van der Waals surface area contributed by atoms with E-state index in [4.69, 9.17) is 21.6 Å². The number of benzene rings is 2. The lowest BCUT2D eigenvalue weighted by molar-refractivity contribution is -0.142. The summed E-state index contributed by atoms with van der Waals surface area (Å²) < 4.78 is 77.6. The Bertz CT molecular complexity index is 3210. The molecule has 2 saturated heterocycles. The Balaban J connectivity index is 0.000000174. The minimum atomic E-state index is -4.52. The maximum Gasteiger partial charge on any atom is 0.433 e. The van der Waals surface area contributed by atoms with Crippen molar-refractivity contribution in [3.05, 3.63) is 134 Å². The number of imidazole rings is 2. The van der Waals surface area contributed by atoms with Gasteiger partial charge in [0, 0.05) is 74.6 Å². The Morgan fingerprint density at radius 1 is 0.629 bits per heavy atom. The van der Waals surface area contributed by atoms with Gasteiger partial charge in [0.05, 0.1) is 12.4 Å². The number of nitrogens with one attached hydrogen (secondary N) is 3. The van der Waals surface area contributed by atoms with Crippen LogP contribution >= 0.6 is 11.6 Å². The van der Waals surface area contributed by atoms with E-state index in [0.29, 0.717) is 72.0 Å². The SMILES string of the molecule is C.CC(C)c1ccccc1-c1ncc2[nH]c(=O)n(CC3CN(c4nccc(C(F)(F)F)n4)C3)c2n1.CC(C)c1ccccc1-c1ncc2[nH]c(=O)n(CC3CNC3)c2n1.FC(F)(F)c1ccnc(Cl)n1. The average Bonchev–Trinajstić information content (AvgIpc) is 3.78. The van der Waals surface area contributed by atoms with Crippen molar-refractivity contribution < 1.29 is 26.3 Å². The summed E-state index contributed by atoms with van der Waals surface area (Å²) in [6.45, 7) is 12.4. The third-order valence-electron chi connectivity index (χ3n) is 11.5. The van der Waals surface area contributed by atoms with Gasteiger partial charge in [-0.3, -0.25) is 9.13 Å². The van der Waals surface area contributed by atoms with E-state index in [0.717, 1.165) is 54.3 Å². The molecule has 0 unspecified atom stereocenters. The van der Waals surface area contributed by atoms with E-state index in [1.54, 1.807) is 26.4 Å². The number of aromatic amines is 2. The van der Waals surface area contributed by atoms with Gasteiger partial charge in [-0.25, -0.2) is 49.5 Å². The quantitative estimate of drug-likeness (QED) is 0.0921. The zero-order valence-corrected chi connectivity index (χ0v) is 38.3. The predicted molar refractivity (Wildman–Crippen MR) is 253 cm³/mol. The first-order chi connectivity index (χ1) is 32.8. The Morgan fingerprint density at radius 2 is 1.09 bits per heavy atom. The van der Waals surface area contributed by atoms with Crippen molar-refractivity contribution in [2.24, 2.45) is 11.8 Å². The van der Waals surface area contributed by atoms with Crippen LogP contribution in [-0.4, -0.2) is 85.2 Å². The number of fused-ring (bicyclic) bond motifs is 2. The highest BCUT2D eigenvalue weighted by molar-refractivity contribution is 6.28. The molecule has 368 valence electrons. The van der Waals surface area contributed by atoms with Gasteiger partial charge in [0.15, 0.2) is 22.9 Å². The van der Waals surface area contributed by atoms with Gasteiger partial charge in [-0.1, -0.05) is 83.7 Å². The fraction of sp³-hybridized carbons (Fsp3) is 0.362. The summed E-state index contributed by atoms with van der Waals surface area (Å²) in [6.07, 6.45) is -3.59. The number of nitrogens with zero attached hydrogens (tertiary/aromatic N) is 11. The number of H-pyrrole nitrogens is 2. The number of anilines is 1. The van der Waals surface area contributed by atoms with E-state index in [2.05, 4.69) is 78.9 Å². The van der Waals surface area contributed by atoms with Crippen LogP contribution in [-0.2, 0) is 25.4 Å². The predicted octanol–water partition coefficient (Wildman–Crippen LogP) is 8.77.